The Kier molecular flexibility index (Phi) is 9.45. The molecule has 2 aromatic carbocycles. The van der Waals surface area contributed by atoms with E-state index in [9.17, 15) is 35.9 Å². The van der Waals surface area contributed by atoms with Gasteiger partial charge in [0, 0.05) is 38.3 Å². The van der Waals surface area contributed by atoms with Crippen LogP contribution in [0.25, 0.3) is 11.3 Å². The van der Waals surface area contributed by atoms with Gasteiger partial charge in [0.1, 0.15) is 11.4 Å². The van der Waals surface area contributed by atoms with Gasteiger partial charge in [-0.05, 0) is 62.4 Å². The maximum Gasteiger partial charge on any atom is 0.416 e. The first-order chi connectivity index (χ1) is 21.8. The summed E-state index contributed by atoms with van der Waals surface area (Å²) in [5.41, 5.74) is -1.41. The number of anilines is 2. The molecule has 0 aliphatic carbocycles. The minimum atomic E-state index is -5.01. The molecule has 1 amide bonds. The number of hydrogen-bond donors (Lipinski definition) is 1. The van der Waals surface area contributed by atoms with E-state index < -0.39 is 35.9 Å². The number of halogens is 6. The molecule has 246 valence electrons. The molecule has 0 spiro atoms. The Balaban J connectivity index is 1.55. The maximum absolute atomic E-state index is 14.2. The largest absolute Gasteiger partial charge is 0.466 e. The van der Waals surface area contributed by atoms with Crippen molar-refractivity contribution < 1.29 is 40.7 Å². The molecule has 0 radical (unpaired) electrons. The Hall–Kier alpha value is -4.36. The van der Waals surface area contributed by atoms with Gasteiger partial charge >= 0.3 is 18.3 Å². The number of carbonyl (C=O) groups is 2. The first kappa shape index (κ1) is 33.0. The van der Waals surface area contributed by atoms with Crippen LogP contribution >= 0.6 is 0 Å². The second kappa shape index (κ2) is 13.2. The molecule has 2 aliphatic rings. The van der Waals surface area contributed by atoms with Gasteiger partial charge in [-0.1, -0.05) is 24.3 Å². The Morgan fingerprint density at radius 1 is 0.978 bits per heavy atom. The molecular formula is C32H33F6N5O3. The molecule has 0 unspecified atom stereocenters. The van der Waals surface area contributed by atoms with Gasteiger partial charge in [-0.25, -0.2) is 4.98 Å². The lowest BCUT2D eigenvalue weighted by Gasteiger charge is -2.33. The van der Waals surface area contributed by atoms with E-state index >= 15 is 0 Å². The van der Waals surface area contributed by atoms with Crippen LogP contribution in [0.15, 0.2) is 42.5 Å². The predicted octanol–water partition coefficient (Wildman–Crippen LogP) is 6.73. The van der Waals surface area contributed by atoms with Crippen LogP contribution in [-0.2, 0) is 28.4 Å². The number of rotatable bonds is 6. The topological polar surface area (TPSA) is 87.7 Å². The Labute approximate surface area is 261 Å². The molecule has 46 heavy (non-hydrogen) atoms. The molecular weight excluding hydrogens is 616 g/mol. The van der Waals surface area contributed by atoms with Crippen LogP contribution in [0.2, 0.25) is 0 Å². The van der Waals surface area contributed by atoms with E-state index in [1.807, 2.05) is 24.0 Å². The third-order valence-electron chi connectivity index (χ3n) is 8.11. The fourth-order valence-corrected chi connectivity index (χ4v) is 5.75. The van der Waals surface area contributed by atoms with Crippen molar-refractivity contribution in [1.82, 2.24) is 14.9 Å². The highest BCUT2D eigenvalue weighted by molar-refractivity contribution is 6.05. The zero-order chi connectivity index (χ0) is 33.2. The zero-order valence-corrected chi connectivity index (χ0v) is 25.3. The normalized spacial score (nSPS) is 16.4. The molecule has 1 aromatic heterocycles. The third-order valence-corrected chi connectivity index (χ3v) is 8.11. The lowest BCUT2D eigenvalue weighted by Crippen LogP contribution is -2.39. The van der Waals surface area contributed by atoms with Crippen molar-refractivity contribution in [2.24, 2.45) is 5.92 Å². The van der Waals surface area contributed by atoms with E-state index in [2.05, 4.69) is 10.3 Å². The van der Waals surface area contributed by atoms with E-state index in [1.54, 1.807) is 19.1 Å². The number of amides is 1. The van der Waals surface area contributed by atoms with Crippen molar-refractivity contribution >= 4 is 23.6 Å². The quantitative estimate of drug-likeness (QED) is 0.234. The van der Waals surface area contributed by atoms with Gasteiger partial charge in [-0.15, -0.1) is 0 Å². The Morgan fingerprint density at radius 3 is 2.24 bits per heavy atom. The minimum Gasteiger partial charge on any atom is -0.466 e. The molecule has 1 saturated heterocycles. The fourth-order valence-electron chi connectivity index (χ4n) is 5.75. The van der Waals surface area contributed by atoms with E-state index in [-0.39, 0.29) is 47.1 Å². The number of aromatic nitrogens is 2. The lowest BCUT2D eigenvalue weighted by atomic mass is 9.97. The maximum atomic E-state index is 14.2. The van der Waals surface area contributed by atoms with Gasteiger partial charge in [0.05, 0.1) is 29.3 Å². The first-order valence-corrected chi connectivity index (χ1v) is 15.0. The number of nitrogens with one attached hydrogen (secondary N) is 1. The monoisotopic (exact) mass is 649 g/mol. The van der Waals surface area contributed by atoms with Crippen molar-refractivity contribution in [3.8, 4) is 11.3 Å². The molecule has 0 bridgehead atoms. The SMILES string of the molecule is CCOC(=O)C1CCN(c2nc3c(c(-c4ccccc4C)n2)C(=O)N(Cc2cc(C(F)(F)F)cc(C(F)(F)F)c2)CCCN3)CC1. The average molecular weight is 650 g/mol. The van der Waals surface area contributed by atoms with Gasteiger partial charge in [-0.3, -0.25) is 9.59 Å². The lowest BCUT2D eigenvalue weighted by molar-refractivity contribution is -0.148. The Morgan fingerprint density at radius 2 is 1.63 bits per heavy atom. The van der Waals surface area contributed by atoms with Gasteiger partial charge in [0.2, 0.25) is 5.95 Å². The molecule has 0 atom stereocenters. The summed E-state index contributed by atoms with van der Waals surface area (Å²) < 4.78 is 86.6. The van der Waals surface area contributed by atoms with Crippen LogP contribution in [0.1, 0.15) is 58.8 Å². The summed E-state index contributed by atoms with van der Waals surface area (Å²) >= 11 is 0. The van der Waals surface area contributed by atoms with E-state index in [0.29, 0.717) is 69.1 Å². The average Bonchev–Trinajstić information content (AvgIpc) is 3.00. The summed E-state index contributed by atoms with van der Waals surface area (Å²) in [7, 11) is 0. The number of ether oxygens (including phenoxy) is 1. The van der Waals surface area contributed by atoms with Crippen LogP contribution in [0.5, 0.6) is 0 Å². The van der Waals surface area contributed by atoms with Crippen LogP contribution < -0.4 is 10.2 Å². The van der Waals surface area contributed by atoms with Crippen LogP contribution in [0.3, 0.4) is 0 Å². The number of aryl methyl sites for hydroxylation is 1. The molecule has 1 fully saturated rings. The van der Waals surface area contributed by atoms with Crippen LogP contribution in [0, 0.1) is 12.8 Å². The van der Waals surface area contributed by atoms with Gasteiger partial charge in [0.25, 0.3) is 5.91 Å². The summed E-state index contributed by atoms with van der Waals surface area (Å²) in [6.45, 7) is 4.73. The number of alkyl halides is 6. The number of hydrogen-bond acceptors (Lipinski definition) is 7. The number of esters is 1. The van der Waals surface area contributed by atoms with Crippen LogP contribution in [-0.4, -0.2) is 59.5 Å². The van der Waals surface area contributed by atoms with E-state index in [0.717, 1.165) is 5.56 Å². The third kappa shape index (κ3) is 7.20. The highest BCUT2D eigenvalue weighted by atomic mass is 19.4. The van der Waals surface area contributed by atoms with Gasteiger partial charge in [-0.2, -0.15) is 31.3 Å². The summed E-state index contributed by atoms with van der Waals surface area (Å²) in [4.78, 5) is 39.2. The molecule has 0 saturated carbocycles. The van der Waals surface area contributed by atoms with Crippen molar-refractivity contribution in [3.05, 3.63) is 70.3 Å². The number of piperidine rings is 1. The van der Waals surface area contributed by atoms with Crippen molar-refractivity contribution in [1.29, 1.82) is 0 Å². The number of carbonyl (C=O) groups excluding carboxylic acids is 2. The summed E-state index contributed by atoms with van der Waals surface area (Å²) in [5, 5.41) is 3.19. The first-order valence-electron chi connectivity index (χ1n) is 15.0. The van der Waals surface area contributed by atoms with E-state index in [1.165, 1.54) is 4.90 Å². The fraction of sp³-hybridized carbons (Fsp3) is 0.438. The highest BCUT2D eigenvalue weighted by Gasteiger charge is 2.38. The molecule has 3 aromatic rings. The molecule has 3 heterocycles. The zero-order valence-electron chi connectivity index (χ0n) is 25.3. The number of nitrogens with zero attached hydrogens (tertiary/aromatic N) is 4. The summed E-state index contributed by atoms with van der Waals surface area (Å²) in [5.74, 6) is -0.584. The molecule has 2 aliphatic heterocycles. The Bertz CT molecular complexity index is 1570. The van der Waals surface area contributed by atoms with E-state index in [4.69, 9.17) is 9.72 Å². The molecule has 14 heteroatoms. The molecule has 8 nitrogen and oxygen atoms in total. The highest BCUT2D eigenvalue weighted by Crippen LogP contribution is 2.38. The van der Waals surface area contributed by atoms with Crippen molar-refractivity contribution in [2.45, 2.75) is 52.0 Å². The molecule has 5 rings (SSSR count). The second-order valence-corrected chi connectivity index (χ2v) is 11.3. The standard InChI is InChI=1S/C32H33F6N5O3/c1-3-46-29(45)21-9-13-42(14-10-21)30-40-26(24-8-5-4-7-19(24)2)25-27(41-30)39-11-6-12-43(28(25)44)18-20-15-22(31(33,34)35)17-23(16-20)32(36,37)38/h4-5,7-8,15-17,21H,3,6,9-14,18H2,1-2H3,(H,39,40,41). The van der Waals surface area contributed by atoms with Crippen molar-refractivity contribution in [3.63, 3.8) is 0 Å². The number of fused-ring (bicyclic) bond motifs is 1. The summed E-state index contributed by atoms with van der Waals surface area (Å²) in [6, 6.07) is 8.58. The smallest absolute Gasteiger partial charge is 0.416 e. The predicted molar refractivity (Wildman–Crippen MR) is 158 cm³/mol. The number of benzene rings is 2. The van der Waals surface area contributed by atoms with Gasteiger partial charge in [0.15, 0.2) is 0 Å². The minimum absolute atomic E-state index is 0.0687. The van der Waals surface area contributed by atoms with Crippen molar-refractivity contribution in [2.75, 3.05) is 43.0 Å². The molecule has 1 N–H and O–H groups in total. The van der Waals surface area contributed by atoms with Crippen LogP contribution in [0.4, 0.5) is 38.1 Å². The summed E-state index contributed by atoms with van der Waals surface area (Å²) in [6.07, 6.45) is -8.62. The van der Waals surface area contributed by atoms with Gasteiger partial charge < -0.3 is 19.9 Å². The second-order valence-electron chi connectivity index (χ2n) is 11.3.